The predicted octanol–water partition coefficient (Wildman–Crippen LogP) is 0.951. The molecule has 0 atom stereocenters. The van der Waals surface area contributed by atoms with Crippen LogP contribution >= 0.6 is 12.1 Å². The Morgan fingerprint density at radius 3 is 1.60 bits per heavy atom. The van der Waals surface area contributed by atoms with E-state index in [1.54, 1.807) is 0 Å². The van der Waals surface area contributed by atoms with Gasteiger partial charge in [0.05, 0.1) is 0 Å². The largest absolute Gasteiger partial charge is 0.210 e. The molecule has 0 saturated heterocycles. The smallest absolute Gasteiger partial charge is 0.113 e. The van der Waals surface area contributed by atoms with Gasteiger partial charge in [0.25, 0.3) is 0 Å². The average molecular weight is 88.1 g/mol. The Bertz CT molecular complexity index is 36.9. The van der Waals surface area contributed by atoms with Crippen LogP contribution in [-0.2, 0) is 0 Å². The lowest BCUT2D eigenvalue weighted by atomic mass is 11.8. The first-order chi connectivity index (χ1) is 2.41. The van der Waals surface area contributed by atoms with Gasteiger partial charge in [-0.2, -0.15) is 0 Å². The molecule has 0 aromatic heterocycles. The van der Waals surface area contributed by atoms with E-state index in [0.717, 1.165) is 12.1 Å². The van der Waals surface area contributed by atoms with E-state index >= 15 is 0 Å². The SMILES string of the molecule is C=NSN=C. The quantitative estimate of drug-likeness (QED) is 0.364. The van der Waals surface area contributed by atoms with E-state index in [9.17, 15) is 0 Å². The lowest BCUT2D eigenvalue weighted by Gasteiger charge is -1.65. The summed E-state index contributed by atoms with van der Waals surface area (Å²) >= 11 is 0.991. The van der Waals surface area contributed by atoms with Crippen LogP contribution in [0.4, 0.5) is 0 Å². The van der Waals surface area contributed by atoms with Crippen LogP contribution in [0.5, 0.6) is 0 Å². The van der Waals surface area contributed by atoms with Crippen LogP contribution in [0.15, 0.2) is 8.80 Å². The maximum Gasteiger partial charge on any atom is 0.113 e. The van der Waals surface area contributed by atoms with Gasteiger partial charge in [0, 0.05) is 13.4 Å². The van der Waals surface area contributed by atoms with E-state index in [2.05, 4.69) is 22.2 Å². The normalized spacial score (nSPS) is 6.40. The molecule has 0 saturated carbocycles. The molecule has 0 amide bonds. The monoisotopic (exact) mass is 88.0 g/mol. The second kappa shape index (κ2) is 3.69. The average Bonchev–Trinajstić information content (AvgIpc) is 1.41. The second-order valence-electron chi connectivity index (χ2n) is 0.340. The molecular formula is C2H4N2S. The Labute approximate surface area is 35.3 Å². The van der Waals surface area contributed by atoms with E-state index in [1.807, 2.05) is 0 Å². The van der Waals surface area contributed by atoms with Crippen LogP contribution in [0.3, 0.4) is 0 Å². The maximum absolute atomic E-state index is 3.29. The van der Waals surface area contributed by atoms with Crippen molar-refractivity contribution in [1.29, 1.82) is 0 Å². The van der Waals surface area contributed by atoms with Gasteiger partial charge in [0.15, 0.2) is 0 Å². The van der Waals surface area contributed by atoms with Gasteiger partial charge in [-0.3, -0.25) is 0 Å². The zero-order valence-electron chi connectivity index (χ0n) is 2.72. The summed E-state index contributed by atoms with van der Waals surface area (Å²) in [6.07, 6.45) is 0. The summed E-state index contributed by atoms with van der Waals surface area (Å²) in [5, 5.41) is 0. The summed E-state index contributed by atoms with van der Waals surface area (Å²) in [4.78, 5) is 0. The molecule has 0 aromatic rings. The van der Waals surface area contributed by atoms with Crippen LogP contribution in [0.1, 0.15) is 0 Å². The molecule has 0 unspecified atom stereocenters. The molecule has 0 aliphatic carbocycles. The van der Waals surface area contributed by atoms with Crippen molar-refractivity contribution < 1.29 is 0 Å². The van der Waals surface area contributed by atoms with Gasteiger partial charge < -0.3 is 0 Å². The summed E-state index contributed by atoms with van der Waals surface area (Å²) in [7, 11) is 0. The van der Waals surface area contributed by atoms with E-state index in [0.29, 0.717) is 0 Å². The van der Waals surface area contributed by atoms with Crippen LogP contribution in [0.25, 0.3) is 0 Å². The summed E-state index contributed by atoms with van der Waals surface area (Å²) in [6, 6.07) is 0. The molecule has 0 spiro atoms. The van der Waals surface area contributed by atoms with E-state index in [-0.39, 0.29) is 0 Å². The minimum Gasteiger partial charge on any atom is -0.210 e. The summed E-state index contributed by atoms with van der Waals surface area (Å²) in [5.74, 6) is 0. The first kappa shape index (κ1) is 4.69. The third-order valence-electron chi connectivity index (χ3n) is 0.115. The molecule has 28 valence electrons. The first-order valence-corrected chi connectivity index (χ1v) is 1.73. The standard InChI is InChI=1S/C2H4N2S/c1-3-5-4-2/h1-2H2. The van der Waals surface area contributed by atoms with E-state index in [1.165, 1.54) is 0 Å². The van der Waals surface area contributed by atoms with Crippen LogP contribution in [0, 0.1) is 0 Å². The van der Waals surface area contributed by atoms with Crippen molar-refractivity contribution in [1.82, 2.24) is 0 Å². The number of hydrogen-bond acceptors (Lipinski definition) is 3. The fraction of sp³-hybridized carbons (Fsp3) is 0. The Kier molecular flexibility index (Phi) is 3.46. The molecule has 0 N–H and O–H groups in total. The van der Waals surface area contributed by atoms with Crippen molar-refractivity contribution in [2.24, 2.45) is 8.80 Å². The Morgan fingerprint density at radius 2 is 1.60 bits per heavy atom. The molecule has 3 heteroatoms. The molecule has 0 heterocycles. The van der Waals surface area contributed by atoms with Gasteiger partial charge in [0.2, 0.25) is 0 Å². The Balaban J connectivity index is 2.65. The van der Waals surface area contributed by atoms with Crippen LogP contribution in [0.2, 0.25) is 0 Å². The third-order valence-corrected chi connectivity index (χ3v) is 0.346. The van der Waals surface area contributed by atoms with E-state index in [4.69, 9.17) is 0 Å². The minimum absolute atomic E-state index is 0.991. The first-order valence-electron chi connectivity index (χ1n) is 0.998. The van der Waals surface area contributed by atoms with Crippen molar-refractivity contribution in [3.8, 4) is 0 Å². The Morgan fingerprint density at radius 1 is 1.20 bits per heavy atom. The van der Waals surface area contributed by atoms with Crippen LogP contribution < -0.4 is 0 Å². The van der Waals surface area contributed by atoms with Gasteiger partial charge in [-0.1, -0.05) is 0 Å². The zero-order valence-corrected chi connectivity index (χ0v) is 3.53. The summed E-state index contributed by atoms with van der Waals surface area (Å²) < 4.78 is 6.58. The van der Waals surface area contributed by atoms with Crippen molar-refractivity contribution in [3.05, 3.63) is 0 Å². The summed E-state index contributed by atoms with van der Waals surface area (Å²) in [5.41, 5.74) is 0. The highest BCUT2D eigenvalue weighted by Gasteiger charge is 1.53. The number of nitrogens with zero attached hydrogens (tertiary/aromatic N) is 2. The van der Waals surface area contributed by atoms with Gasteiger partial charge in [-0.05, 0) is 0 Å². The van der Waals surface area contributed by atoms with Crippen molar-refractivity contribution >= 4 is 25.6 Å². The fourth-order valence-electron chi connectivity index (χ4n) is 0.0408. The fourth-order valence-corrected chi connectivity index (χ4v) is 0.122. The number of hydrogen-bond donors (Lipinski definition) is 0. The molecule has 0 aliphatic heterocycles. The molecule has 0 bridgehead atoms. The maximum atomic E-state index is 3.29. The van der Waals surface area contributed by atoms with Gasteiger partial charge in [-0.25, -0.2) is 8.80 Å². The van der Waals surface area contributed by atoms with Crippen molar-refractivity contribution in [2.45, 2.75) is 0 Å². The van der Waals surface area contributed by atoms with Gasteiger partial charge >= 0.3 is 0 Å². The molecule has 0 fully saturated rings. The molecule has 0 radical (unpaired) electrons. The molecule has 0 aromatic carbocycles. The predicted molar refractivity (Wildman–Crippen MR) is 26.7 cm³/mol. The van der Waals surface area contributed by atoms with Gasteiger partial charge in [0.1, 0.15) is 12.1 Å². The topological polar surface area (TPSA) is 24.7 Å². The van der Waals surface area contributed by atoms with Crippen molar-refractivity contribution in [2.75, 3.05) is 0 Å². The molecule has 0 aliphatic rings. The van der Waals surface area contributed by atoms with E-state index < -0.39 is 0 Å². The second-order valence-corrected chi connectivity index (χ2v) is 1.02. The van der Waals surface area contributed by atoms with Gasteiger partial charge in [-0.15, -0.1) is 0 Å². The summed E-state index contributed by atoms with van der Waals surface area (Å²) in [6.45, 7) is 6.26. The zero-order chi connectivity index (χ0) is 4.12. The van der Waals surface area contributed by atoms with Crippen LogP contribution in [-0.4, -0.2) is 13.4 Å². The molecule has 0 rings (SSSR count). The lowest BCUT2D eigenvalue weighted by molar-refractivity contribution is 1.91. The molecule has 5 heavy (non-hydrogen) atoms. The highest BCUT2D eigenvalue weighted by atomic mass is 32.2. The third kappa shape index (κ3) is 3.69. The number of rotatable bonds is 2. The highest BCUT2D eigenvalue weighted by molar-refractivity contribution is 7.96. The minimum atomic E-state index is 0.991. The lowest BCUT2D eigenvalue weighted by Crippen LogP contribution is -1.32. The van der Waals surface area contributed by atoms with Crippen molar-refractivity contribution in [3.63, 3.8) is 0 Å². The Hall–Kier alpha value is -0.310. The molecular weight excluding hydrogens is 84.1 g/mol. The highest BCUT2D eigenvalue weighted by Crippen LogP contribution is 1.95. The molecule has 2 nitrogen and oxygen atoms in total.